The minimum Gasteiger partial charge on any atom is -0.461 e. The van der Waals surface area contributed by atoms with Crippen molar-refractivity contribution in [2.75, 3.05) is 6.61 Å². The van der Waals surface area contributed by atoms with Crippen LogP contribution in [0.4, 0.5) is 8.78 Å². The number of ether oxygens (including phenoxy) is 1. The minimum atomic E-state index is -2.64. The van der Waals surface area contributed by atoms with Crippen molar-refractivity contribution in [2.45, 2.75) is 13.3 Å². The fourth-order valence-electron chi connectivity index (χ4n) is 0.991. The summed E-state index contributed by atoms with van der Waals surface area (Å²) in [5.41, 5.74) is -0.391. The molecule has 0 bridgehead atoms. The van der Waals surface area contributed by atoms with E-state index in [9.17, 15) is 13.6 Å². The molecule has 0 amide bonds. The number of carbonyl (C=O) groups is 1. The molecule has 78 valence electrons. The van der Waals surface area contributed by atoms with Crippen molar-refractivity contribution in [3.63, 3.8) is 0 Å². The molecule has 0 aliphatic carbocycles. The number of aromatic nitrogens is 2. The molecule has 14 heavy (non-hydrogen) atoms. The van der Waals surface area contributed by atoms with Gasteiger partial charge in [0.25, 0.3) is 6.43 Å². The summed E-state index contributed by atoms with van der Waals surface area (Å²) >= 11 is 0. The van der Waals surface area contributed by atoms with Crippen LogP contribution in [0.15, 0.2) is 6.07 Å². The Morgan fingerprint density at radius 2 is 2.36 bits per heavy atom. The fraction of sp³-hybridized carbons (Fsp3) is 0.500. The van der Waals surface area contributed by atoms with Gasteiger partial charge in [-0.05, 0) is 6.92 Å². The predicted molar refractivity (Wildman–Crippen MR) is 44.1 cm³/mol. The van der Waals surface area contributed by atoms with E-state index in [1.54, 1.807) is 6.92 Å². The first-order chi connectivity index (χ1) is 6.56. The van der Waals surface area contributed by atoms with Gasteiger partial charge in [-0.1, -0.05) is 0 Å². The van der Waals surface area contributed by atoms with Crippen LogP contribution >= 0.6 is 0 Å². The van der Waals surface area contributed by atoms with Gasteiger partial charge in [0.15, 0.2) is 5.69 Å². The lowest BCUT2D eigenvalue weighted by Gasteiger charge is -1.96. The van der Waals surface area contributed by atoms with Gasteiger partial charge in [0.05, 0.1) is 6.61 Å². The number of alkyl halides is 2. The fourth-order valence-corrected chi connectivity index (χ4v) is 0.991. The number of hydrogen-bond acceptors (Lipinski definition) is 3. The highest BCUT2D eigenvalue weighted by Crippen LogP contribution is 2.18. The number of nitrogens with zero attached hydrogens (tertiary/aromatic N) is 2. The zero-order valence-corrected chi connectivity index (χ0v) is 7.83. The number of halogens is 2. The zero-order chi connectivity index (χ0) is 10.7. The zero-order valence-electron chi connectivity index (χ0n) is 7.83. The molecule has 0 aliphatic heterocycles. The van der Waals surface area contributed by atoms with Crippen molar-refractivity contribution in [3.8, 4) is 0 Å². The monoisotopic (exact) mass is 204 g/mol. The molecular formula is C8H10F2N2O2. The Morgan fingerprint density at radius 3 is 2.79 bits per heavy atom. The largest absolute Gasteiger partial charge is 0.461 e. The Bertz CT molecular complexity index is 336. The van der Waals surface area contributed by atoms with Crippen LogP contribution in [0.3, 0.4) is 0 Å². The van der Waals surface area contributed by atoms with Gasteiger partial charge < -0.3 is 4.74 Å². The van der Waals surface area contributed by atoms with Gasteiger partial charge in [0.2, 0.25) is 0 Å². The maximum atomic E-state index is 12.3. The Hall–Kier alpha value is -1.46. The van der Waals surface area contributed by atoms with Crippen molar-refractivity contribution >= 4 is 5.97 Å². The highest BCUT2D eigenvalue weighted by Gasteiger charge is 2.18. The predicted octanol–water partition coefficient (Wildman–Crippen LogP) is 1.53. The standard InChI is InChI=1S/C8H10F2N2O2/c1-3-14-8(13)5-4-6(7(9)10)12(2)11-5/h4,7H,3H2,1-2H3. The number of hydrogen-bond donors (Lipinski definition) is 0. The molecule has 0 aliphatic rings. The van der Waals surface area contributed by atoms with E-state index in [0.29, 0.717) is 0 Å². The molecule has 0 spiro atoms. The van der Waals surface area contributed by atoms with Gasteiger partial charge in [-0.15, -0.1) is 0 Å². The van der Waals surface area contributed by atoms with Gasteiger partial charge in [0.1, 0.15) is 5.69 Å². The van der Waals surface area contributed by atoms with Crippen LogP contribution in [0.5, 0.6) is 0 Å². The second kappa shape index (κ2) is 4.17. The van der Waals surface area contributed by atoms with E-state index in [1.165, 1.54) is 7.05 Å². The molecular weight excluding hydrogens is 194 g/mol. The van der Waals surface area contributed by atoms with Crippen molar-refractivity contribution in [1.29, 1.82) is 0 Å². The molecule has 0 saturated heterocycles. The second-order valence-corrected chi connectivity index (χ2v) is 2.60. The molecule has 0 N–H and O–H groups in total. The van der Waals surface area contributed by atoms with E-state index in [2.05, 4.69) is 9.84 Å². The van der Waals surface area contributed by atoms with Crippen LogP contribution in [0.25, 0.3) is 0 Å². The highest BCUT2D eigenvalue weighted by atomic mass is 19.3. The third kappa shape index (κ3) is 2.07. The van der Waals surface area contributed by atoms with Gasteiger partial charge in [-0.2, -0.15) is 5.10 Å². The number of carbonyl (C=O) groups excluding carboxylic acids is 1. The van der Waals surface area contributed by atoms with Gasteiger partial charge >= 0.3 is 5.97 Å². The lowest BCUT2D eigenvalue weighted by molar-refractivity contribution is 0.0518. The normalized spacial score (nSPS) is 10.6. The molecule has 0 radical (unpaired) electrons. The van der Waals surface area contributed by atoms with E-state index in [0.717, 1.165) is 10.7 Å². The van der Waals surface area contributed by atoms with E-state index >= 15 is 0 Å². The van der Waals surface area contributed by atoms with Crippen molar-refractivity contribution < 1.29 is 18.3 Å². The molecule has 6 heteroatoms. The second-order valence-electron chi connectivity index (χ2n) is 2.60. The van der Waals surface area contributed by atoms with Crippen molar-refractivity contribution in [1.82, 2.24) is 9.78 Å². The topological polar surface area (TPSA) is 44.1 Å². The molecule has 0 aromatic carbocycles. The summed E-state index contributed by atoms with van der Waals surface area (Å²) in [4.78, 5) is 11.1. The Balaban J connectivity index is 2.90. The van der Waals surface area contributed by atoms with Crippen molar-refractivity contribution in [2.24, 2.45) is 7.05 Å². The van der Waals surface area contributed by atoms with E-state index in [-0.39, 0.29) is 18.0 Å². The molecule has 1 heterocycles. The van der Waals surface area contributed by atoms with E-state index < -0.39 is 12.4 Å². The van der Waals surface area contributed by atoms with E-state index in [1.807, 2.05) is 0 Å². The molecule has 0 atom stereocenters. The van der Waals surface area contributed by atoms with Gasteiger partial charge in [-0.3, -0.25) is 4.68 Å². The minimum absolute atomic E-state index is 0.0929. The summed E-state index contributed by atoms with van der Waals surface area (Å²) in [5.74, 6) is -0.685. The number of aryl methyl sites for hydroxylation is 1. The lowest BCUT2D eigenvalue weighted by atomic mass is 10.3. The summed E-state index contributed by atoms with van der Waals surface area (Å²) in [6, 6.07) is 1.03. The Labute approximate surface area is 79.5 Å². The molecule has 0 fully saturated rings. The highest BCUT2D eigenvalue weighted by molar-refractivity contribution is 5.87. The van der Waals surface area contributed by atoms with Crippen LogP contribution in [0.1, 0.15) is 29.5 Å². The third-order valence-corrected chi connectivity index (χ3v) is 1.62. The van der Waals surface area contributed by atoms with Gasteiger partial charge in [-0.25, -0.2) is 13.6 Å². The van der Waals surface area contributed by atoms with Crippen LogP contribution in [-0.2, 0) is 11.8 Å². The summed E-state index contributed by atoms with van der Waals surface area (Å²) in [6.07, 6.45) is -2.64. The number of esters is 1. The van der Waals surface area contributed by atoms with Crippen molar-refractivity contribution in [3.05, 3.63) is 17.5 Å². The SMILES string of the molecule is CCOC(=O)c1cc(C(F)F)n(C)n1. The average molecular weight is 204 g/mol. The quantitative estimate of drug-likeness (QED) is 0.701. The molecule has 0 saturated carbocycles. The Kier molecular flexibility index (Phi) is 3.16. The summed E-state index contributed by atoms with van der Waals surface area (Å²) in [5, 5.41) is 3.61. The lowest BCUT2D eigenvalue weighted by Crippen LogP contribution is -2.06. The first-order valence-corrected chi connectivity index (χ1v) is 4.05. The summed E-state index contributed by atoms with van der Waals surface area (Å²) in [7, 11) is 1.35. The first-order valence-electron chi connectivity index (χ1n) is 4.05. The Morgan fingerprint density at radius 1 is 1.71 bits per heavy atom. The molecule has 4 nitrogen and oxygen atoms in total. The van der Waals surface area contributed by atoms with Crippen LogP contribution < -0.4 is 0 Å². The molecule has 0 unspecified atom stereocenters. The average Bonchev–Trinajstić information content (AvgIpc) is 2.48. The maximum Gasteiger partial charge on any atom is 0.358 e. The molecule has 1 aromatic rings. The maximum absolute atomic E-state index is 12.3. The first kappa shape index (κ1) is 10.6. The molecule has 1 rings (SSSR count). The van der Waals surface area contributed by atoms with Crippen LogP contribution in [0.2, 0.25) is 0 Å². The third-order valence-electron chi connectivity index (χ3n) is 1.62. The number of rotatable bonds is 3. The molecule has 1 aromatic heterocycles. The van der Waals surface area contributed by atoms with Crippen LogP contribution in [-0.4, -0.2) is 22.4 Å². The summed E-state index contributed by atoms with van der Waals surface area (Å²) in [6.45, 7) is 1.83. The van der Waals surface area contributed by atoms with Crippen LogP contribution in [0, 0.1) is 0 Å². The van der Waals surface area contributed by atoms with Gasteiger partial charge in [0, 0.05) is 13.1 Å². The summed E-state index contributed by atoms with van der Waals surface area (Å²) < 4.78 is 30.1. The smallest absolute Gasteiger partial charge is 0.358 e. The van der Waals surface area contributed by atoms with E-state index in [4.69, 9.17) is 0 Å².